The number of pyridine rings is 1. The van der Waals surface area contributed by atoms with Gasteiger partial charge in [-0.1, -0.05) is 0 Å². The lowest BCUT2D eigenvalue weighted by Crippen LogP contribution is -2.44. The fraction of sp³-hybridized carbons (Fsp3) is 0.333. The summed E-state index contributed by atoms with van der Waals surface area (Å²) in [5, 5.41) is 5.23. The normalized spacial score (nSPS) is 16.0. The van der Waals surface area contributed by atoms with Gasteiger partial charge in [-0.05, 0) is 42.5 Å². The van der Waals surface area contributed by atoms with Gasteiger partial charge in [0.1, 0.15) is 5.65 Å². The molecule has 1 aliphatic heterocycles. The molecule has 6 heteroatoms. The molecule has 1 amide bonds. The molecule has 3 aromatic rings. The molecule has 0 aliphatic carbocycles. The highest BCUT2D eigenvalue weighted by Crippen LogP contribution is 2.24. The second-order valence-electron chi connectivity index (χ2n) is 6.26. The van der Waals surface area contributed by atoms with Gasteiger partial charge in [0.05, 0.1) is 0 Å². The quantitative estimate of drug-likeness (QED) is 0.794. The van der Waals surface area contributed by atoms with Gasteiger partial charge in [0.2, 0.25) is 0 Å². The van der Waals surface area contributed by atoms with Crippen molar-refractivity contribution in [1.82, 2.24) is 19.6 Å². The number of amides is 1. The first kappa shape index (κ1) is 15.4. The van der Waals surface area contributed by atoms with Crippen LogP contribution < -0.4 is 5.32 Å². The Balaban J connectivity index is 1.36. The molecule has 1 aliphatic rings. The first-order chi connectivity index (χ1) is 11.7. The van der Waals surface area contributed by atoms with Crippen LogP contribution in [0.5, 0.6) is 0 Å². The van der Waals surface area contributed by atoms with Crippen LogP contribution >= 0.6 is 11.3 Å². The lowest BCUT2D eigenvalue weighted by Gasteiger charge is -2.32. The van der Waals surface area contributed by atoms with E-state index < -0.39 is 0 Å². The van der Waals surface area contributed by atoms with Crippen LogP contribution in [0.25, 0.3) is 5.65 Å². The summed E-state index contributed by atoms with van der Waals surface area (Å²) in [5.41, 5.74) is 2.88. The summed E-state index contributed by atoms with van der Waals surface area (Å²) in [6.07, 6.45) is 6.58. The molecule has 0 fully saturated rings. The SMILES string of the molecule is C[C@@H](CNC(=O)c1ccn2ccnc2c1)N1CCc2sccc2C1. The van der Waals surface area contributed by atoms with Crippen LogP contribution in [0.2, 0.25) is 0 Å². The Hall–Kier alpha value is -2.18. The Morgan fingerprint density at radius 3 is 3.25 bits per heavy atom. The molecule has 3 aromatic heterocycles. The molecule has 0 aromatic carbocycles. The molecule has 0 unspecified atom stereocenters. The Morgan fingerprint density at radius 1 is 1.42 bits per heavy atom. The van der Waals surface area contributed by atoms with Gasteiger partial charge in [-0.2, -0.15) is 0 Å². The summed E-state index contributed by atoms with van der Waals surface area (Å²) in [5.74, 6) is -0.0411. The van der Waals surface area contributed by atoms with Crippen LogP contribution in [-0.2, 0) is 13.0 Å². The van der Waals surface area contributed by atoms with Gasteiger partial charge in [-0.25, -0.2) is 4.98 Å². The molecule has 0 saturated heterocycles. The summed E-state index contributed by atoms with van der Waals surface area (Å²) in [6, 6.07) is 6.18. The van der Waals surface area contributed by atoms with Crippen molar-refractivity contribution in [2.24, 2.45) is 0 Å². The van der Waals surface area contributed by atoms with E-state index >= 15 is 0 Å². The highest BCUT2D eigenvalue weighted by molar-refractivity contribution is 7.10. The number of carbonyl (C=O) groups is 1. The van der Waals surface area contributed by atoms with Gasteiger partial charge >= 0.3 is 0 Å². The van der Waals surface area contributed by atoms with Crippen molar-refractivity contribution < 1.29 is 4.79 Å². The van der Waals surface area contributed by atoms with Crippen molar-refractivity contribution in [2.45, 2.75) is 25.9 Å². The third-order valence-electron chi connectivity index (χ3n) is 4.68. The van der Waals surface area contributed by atoms with Crippen LogP contribution in [0.4, 0.5) is 0 Å². The van der Waals surface area contributed by atoms with E-state index in [0.717, 1.165) is 25.2 Å². The minimum atomic E-state index is -0.0411. The van der Waals surface area contributed by atoms with Crippen LogP contribution in [-0.4, -0.2) is 39.3 Å². The van der Waals surface area contributed by atoms with Gasteiger partial charge in [-0.3, -0.25) is 9.69 Å². The number of imidazole rings is 1. The number of nitrogens with zero attached hydrogens (tertiary/aromatic N) is 3. The van der Waals surface area contributed by atoms with Crippen LogP contribution in [0.15, 0.2) is 42.2 Å². The monoisotopic (exact) mass is 340 g/mol. The molecule has 0 saturated carbocycles. The fourth-order valence-electron chi connectivity index (χ4n) is 3.17. The van der Waals surface area contributed by atoms with E-state index in [-0.39, 0.29) is 5.91 Å². The van der Waals surface area contributed by atoms with Crippen molar-refractivity contribution in [2.75, 3.05) is 13.1 Å². The number of fused-ring (bicyclic) bond motifs is 2. The maximum atomic E-state index is 12.4. The summed E-state index contributed by atoms with van der Waals surface area (Å²) in [7, 11) is 0. The first-order valence-corrected chi connectivity index (χ1v) is 9.09. The van der Waals surface area contributed by atoms with Gasteiger partial charge in [-0.15, -0.1) is 11.3 Å². The number of hydrogen-bond donors (Lipinski definition) is 1. The van der Waals surface area contributed by atoms with E-state index in [2.05, 4.69) is 33.6 Å². The van der Waals surface area contributed by atoms with Gasteiger partial charge in [0.15, 0.2) is 0 Å². The molecule has 0 spiro atoms. The van der Waals surface area contributed by atoms with E-state index in [1.54, 1.807) is 6.20 Å². The molecular weight excluding hydrogens is 320 g/mol. The zero-order valence-electron chi connectivity index (χ0n) is 13.6. The lowest BCUT2D eigenvalue weighted by molar-refractivity contribution is 0.0932. The van der Waals surface area contributed by atoms with Gasteiger partial charge in [0, 0.05) is 54.7 Å². The zero-order chi connectivity index (χ0) is 16.5. The minimum absolute atomic E-state index is 0.0411. The summed E-state index contributed by atoms with van der Waals surface area (Å²) in [4.78, 5) is 20.6. The molecule has 4 rings (SSSR count). The molecule has 0 radical (unpaired) electrons. The summed E-state index contributed by atoms with van der Waals surface area (Å²) < 4.78 is 1.89. The molecule has 1 atom stereocenters. The number of hydrogen-bond acceptors (Lipinski definition) is 4. The molecule has 5 nitrogen and oxygen atoms in total. The third-order valence-corrected chi connectivity index (χ3v) is 5.70. The van der Waals surface area contributed by atoms with E-state index in [1.807, 2.05) is 40.3 Å². The predicted octanol–water partition coefficient (Wildman–Crippen LogP) is 2.57. The van der Waals surface area contributed by atoms with Crippen LogP contribution in [0.1, 0.15) is 27.7 Å². The molecule has 124 valence electrons. The lowest BCUT2D eigenvalue weighted by atomic mass is 10.1. The van der Waals surface area contributed by atoms with Crippen molar-refractivity contribution in [3.05, 3.63) is 58.2 Å². The second kappa shape index (κ2) is 6.37. The molecule has 4 heterocycles. The van der Waals surface area contributed by atoms with Crippen molar-refractivity contribution >= 4 is 22.9 Å². The number of thiophene rings is 1. The van der Waals surface area contributed by atoms with E-state index in [4.69, 9.17) is 0 Å². The topological polar surface area (TPSA) is 49.6 Å². The standard InChI is InChI=1S/C18H20N4OS/c1-13(22-7-3-16-15(12-22)4-9-24-16)11-20-18(23)14-2-6-21-8-5-19-17(21)10-14/h2,4-6,8-10,13H,3,7,11-12H2,1H3,(H,20,23)/t13-/m0/s1. The number of rotatable bonds is 4. The van der Waals surface area contributed by atoms with Gasteiger partial charge in [0.25, 0.3) is 5.91 Å². The van der Waals surface area contributed by atoms with Crippen molar-refractivity contribution in [1.29, 1.82) is 0 Å². The fourth-order valence-corrected chi connectivity index (χ4v) is 4.06. The predicted molar refractivity (Wildman–Crippen MR) is 95.4 cm³/mol. The van der Waals surface area contributed by atoms with Crippen molar-refractivity contribution in [3.8, 4) is 0 Å². The number of carbonyl (C=O) groups excluding carboxylic acids is 1. The maximum absolute atomic E-state index is 12.4. The highest BCUT2D eigenvalue weighted by Gasteiger charge is 2.21. The molecular formula is C18H20N4OS. The Morgan fingerprint density at radius 2 is 2.33 bits per heavy atom. The van der Waals surface area contributed by atoms with Crippen molar-refractivity contribution in [3.63, 3.8) is 0 Å². The number of nitrogens with one attached hydrogen (secondary N) is 1. The Bertz CT molecular complexity index is 869. The van der Waals surface area contributed by atoms with Crippen LogP contribution in [0.3, 0.4) is 0 Å². The number of aromatic nitrogens is 2. The summed E-state index contributed by atoms with van der Waals surface area (Å²) >= 11 is 1.85. The van der Waals surface area contributed by atoms with E-state index in [0.29, 0.717) is 18.2 Å². The zero-order valence-corrected chi connectivity index (χ0v) is 14.4. The summed E-state index contributed by atoms with van der Waals surface area (Å²) in [6.45, 7) is 4.87. The first-order valence-electron chi connectivity index (χ1n) is 8.21. The maximum Gasteiger partial charge on any atom is 0.251 e. The van der Waals surface area contributed by atoms with Gasteiger partial charge < -0.3 is 9.72 Å². The average molecular weight is 340 g/mol. The molecule has 1 N–H and O–H groups in total. The average Bonchev–Trinajstić information content (AvgIpc) is 3.26. The highest BCUT2D eigenvalue weighted by atomic mass is 32.1. The largest absolute Gasteiger partial charge is 0.350 e. The smallest absolute Gasteiger partial charge is 0.251 e. The third kappa shape index (κ3) is 2.95. The Labute approximate surface area is 144 Å². The van der Waals surface area contributed by atoms with Crippen LogP contribution in [0, 0.1) is 0 Å². The minimum Gasteiger partial charge on any atom is -0.350 e. The van der Waals surface area contributed by atoms with E-state index in [1.165, 1.54) is 10.4 Å². The molecule has 24 heavy (non-hydrogen) atoms. The van der Waals surface area contributed by atoms with E-state index in [9.17, 15) is 4.79 Å². The molecule has 0 bridgehead atoms. The Kier molecular flexibility index (Phi) is 4.08. The second-order valence-corrected chi connectivity index (χ2v) is 7.26.